The zero-order valence-corrected chi connectivity index (χ0v) is 15.4. The minimum absolute atomic E-state index is 0.0529. The maximum atomic E-state index is 12.8. The van der Waals surface area contributed by atoms with Crippen molar-refractivity contribution in [3.05, 3.63) is 29.8 Å². The minimum atomic E-state index is -3.02. The molecule has 1 heterocycles. The van der Waals surface area contributed by atoms with Crippen LogP contribution in [0.4, 0.5) is 8.78 Å². The summed E-state index contributed by atoms with van der Waals surface area (Å²) in [4.78, 5) is 28.5. The number of para-hydroxylation sites is 1. The number of nitriles is 1. The molecule has 27 heavy (non-hydrogen) atoms. The fourth-order valence-corrected chi connectivity index (χ4v) is 3.15. The van der Waals surface area contributed by atoms with Crippen LogP contribution < -0.4 is 4.74 Å². The maximum absolute atomic E-state index is 12.8. The van der Waals surface area contributed by atoms with Crippen molar-refractivity contribution in [2.24, 2.45) is 5.92 Å². The van der Waals surface area contributed by atoms with Gasteiger partial charge < -0.3 is 14.5 Å². The molecular formula is C19H23F2N3O3. The van der Waals surface area contributed by atoms with Gasteiger partial charge in [-0.15, -0.1) is 0 Å². The fourth-order valence-electron chi connectivity index (χ4n) is 3.15. The summed E-state index contributed by atoms with van der Waals surface area (Å²) in [6, 6.07) is 7.68. The largest absolute Gasteiger partial charge is 0.434 e. The van der Waals surface area contributed by atoms with Crippen LogP contribution in [0, 0.1) is 17.2 Å². The third kappa shape index (κ3) is 5.16. The van der Waals surface area contributed by atoms with Gasteiger partial charge in [0.1, 0.15) is 5.75 Å². The van der Waals surface area contributed by atoms with Crippen LogP contribution in [0.1, 0.15) is 36.5 Å². The van der Waals surface area contributed by atoms with Crippen LogP contribution in [0.2, 0.25) is 0 Å². The first-order chi connectivity index (χ1) is 12.8. The molecule has 0 bridgehead atoms. The lowest BCUT2D eigenvalue weighted by Crippen LogP contribution is -2.47. The molecule has 1 aliphatic rings. The van der Waals surface area contributed by atoms with Crippen LogP contribution >= 0.6 is 0 Å². The van der Waals surface area contributed by atoms with Crippen molar-refractivity contribution >= 4 is 11.8 Å². The van der Waals surface area contributed by atoms with Crippen LogP contribution in [0.25, 0.3) is 0 Å². The molecule has 0 aliphatic carbocycles. The number of ether oxygens (including phenoxy) is 1. The molecule has 1 saturated heterocycles. The Balaban J connectivity index is 2.11. The standard InChI is InChI=1S/C19H23F2N3O3/c1-13(9-10-22)23(2)17(25)14-6-5-11-24(12-14)18(26)15-7-3-4-8-16(15)27-19(20)21/h3-4,7-8,13-14,19H,5-6,9,11-12H2,1-2H3. The molecule has 6 nitrogen and oxygen atoms in total. The van der Waals surface area contributed by atoms with Crippen molar-refractivity contribution < 1.29 is 23.1 Å². The number of amides is 2. The number of benzene rings is 1. The van der Waals surface area contributed by atoms with Crippen molar-refractivity contribution in [1.29, 1.82) is 5.26 Å². The van der Waals surface area contributed by atoms with Crippen LogP contribution in [0.15, 0.2) is 24.3 Å². The molecule has 2 amide bonds. The van der Waals surface area contributed by atoms with Gasteiger partial charge in [-0.1, -0.05) is 12.1 Å². The van der Waals surface area contributed by atoms with Crippen molar-refractivity contribution in [1.82, 2.24) is 9.80 Å². The van der Waals surface area contributed by atoms with Crippen LogP contribution in [-0.4, -0.2) is 54.4 Å². The third-order valence-electron chi connectivity index (χ3n) is 4.79. The van der Waals surface area contributed by atoms with Gasteiger partial charge in [0.05, 0.1) is 24.0 Å². The molecule has 2 rings (SSSR count). The topological polar surface area (TPSA) is 73.6 Å². The molecule has 2 atom stereocenters. The lowest BCUT2D eigenvalue weighted by Gasteiger charge is -2.35. The van der Waals surface area contributed by atoms with E-state index < -0.39 is 12.5 Å². The Morgan fingerprint density at radius 3 is 2.78 bits per heavy atom. The molecule has 0 radical (unpaired) electrons. The van der Waals surface area contributed by atoms with E-state index >= 15 is 0 Å². The first-order valence-electron chi connectivity index (χ1n) is 8.81. The van der Waals surface area contributed by atoms with E-state index in [9.17, 15) is 18.4 Å². The number of halogens is 2. The monoisotopic (exact) mass is 379 g/mol. The summed E-state index contributed by atoms with van der Waals surface area (Å²) >= 11 is 0. The number of carbonyl (C=O) groups excluding carboxylic acids is 2. The Hall–Kier alpha value is -2.69. The highest BCUT2D eigenvalue weighted by Gasteiger charge is 2.32. The molecular weight excluding hydrogens is 356 g/mol. The Morgan fingerprint density at radius 1 is 1.41 bits per heavy atom. The second-order valence-corrected chi connectivity index (χ2v) is 6.63. The number of likely N-dealkylation sites (tertiary alicyclic amines) is 1. The number of carbonyl (C=O) groups is 2. The van der Waals surface area contributed by atoms with E-state index in [0.29, 0.717) is 19.4 Å². The maximum Gasteiger partial charge on any atom is 0.387 e. The average molecular weight is 379 g/mol. The van der Waals surface area contributed by atoms with Gasteiger partial charge in [0, 0.05) is 26.2 Å². The van der Waals surface area contributed by atoms with E-state index in [0.717, 1.165) is 0 Å². The summed E-state index contributed by atoms with van der Waals surface area (Å²) in [6.07, 6.45) is 1.51. The number of hydrogen-bond acceptors (Lipinski definition) is 4. The van der Waals surface area contributed by atoms with Crippen molar-refractivity contribution in [2.45, 2.75) is 38.8 Å². The number of hydrogen-bond donors (Lipinski definition) is 0. The number of alkyl halides is 2. The number of rotatable bonds is 6. The molecule has 1 aliphatic heterocycles. The molecule has 0 spiro atoms. The van der Waals surface area contributed by atoms with Gasteiger partial charge in [-0.2, -0.15) is 14.0 Å². The van der Waals surface area contributed by atoms with Crippen LogP contribution in [-0.2, 0) is 4.79 Å². The second kappa shape index (κ2) is 9.31. The van der Waals surface area contributed by atoms with Gasteiger partial charge in [0.2, 0.25) is 5.91 Å². The normalized spacial score (nSPS) is 17.9. The summed E-state index contributed by atoms with van der Waals surface area (Å²) in [5.41, 5.74) is 0.0529. The molecule has 0 saturated carbocycles. The van der Waals surface area contributed by atoms with Crippen LogP contribution in [0.3, 0.4) is 0 Å². The number of piperidine rings is 1. The zero-order valence-electron chi connectivity index (χ0n) is 15.4. The minimum Gasteiger partial charge on any atom is -0.434 e. The van der Waals surface area contributed by atoms with E-state index in [-0.39, 0.29) is 42.1 Å². The van der Waals surface area contributed by atoms with Gasteiger partial charge in [-0.05, 0) is 31.9 Å². The van der Waals surface area contributed by atoms with Crippen molar-refractivity contribution in [3.63, 3.8) is 0 Å². The molecule has 1 aromatic rings. The molecule has 1 fully saturated rings. The number of nitrogens with zero attached hydrogens (tertiary/aromatic N) is 3. The fraction of sp³-hybridized carbons (Fsp3) is 0.526. The van der Waals surface area contributed by atoms with E-state index in [1.807, 2.05) is 6.07 Å². The molecule has 2 unspecified atom stereocenters. The Labute approximate surface area is 157 Å². The summed E-state index contributed by atoms with van der Waals surface area (Å²) < 4.78 is 29.6. The van der Waals surface area contributed by atoms with Gasteiger partial charge in [0.25, 0.3) is 5.91 Å². The zero-order chi connectivity index (χ0) is 20.0. The third-order valence-corrected chi connectivity index (χ3v) is 4.79. The van der Waals surface area contributed by atoms with Crippen LogP contribution in [0.5, 0.6) is 5.75 Å². The molecule has 146 valence electrons. The van der Waals surface area contributed by atoms with Gasteiger partial charge in [0.15, 0.2) is 0 Å². The quantitative estimate of drug-likeness (QED) is 0.762. The van der Waals surface area contributed by atoms with E-state index in [4.69, 9.17) is 5.26 Å². The van der Waals surface area contributed by atoms with E-state index in [1.165, 1.54) is 28.0 Å². The lowest BCUT2D eigenvalue weighted by molar-refractivity contribution is -0.137. The molecule has 0 aromatic heterocycles. The van der Waals surface area contributed by atoms with Gasteiger partial charge in [-0.25, -0.2) is 0 Å². The summed E-state index contributed by atoms with van der Waals surface area (Å²) in [5, 5.41) is 8.80. The molecule has 8 heteroatoms. The predicted octanol–water partition coefficient (Wildman–Crippen LogP) is 2.90. The Bertz CT molecular complexity index is 720. The second-order valence-electron chi connectivity index (χ2n) is 6.63. The SMILES string of the molecule is CC(CC#N)N(C)C(=O)C1CCCN(C(=O)c2ccccc2OC(F)F)C1. The lowest BCUT2D eigenvalue weighted by atomic mass is 9.95. The Morgan fingerprint density at radius 2 is 2.11 bits per heavy atom. The highest BCUT2D eigenvalue weighted by Crippen LogP contribution is 2.26. The first kappa shape index (κ1) is 20.6. The van der Waals surface area contributed by atoms with E-state index in [2.05, 4.69) is 4.74 Å². The van der Waals surface area contributed by atoms with Crippen molar-refractivity contribution in [3.8, 4) is 11.8 Å². The van der Waals surface area contributed by atoms with E-state index in [1.54, 1.807) is 20.0 Å². The summed E-state index contributed by atoms with van der Waals surface area (Å²) in [6.45, 7) is -0.567. The van der Waals surface area contributed by atoms with Crippen molar-refractivity contribution in [2.75, 3.05) is 20.1 Å². The Kier molecular flexibility index (Phi) is 7.11. The summed E-state index contributed by atoms with van der Waals surface area (Å²) in [7, 11) is 1.65. The molecule has 1 aromatic carbocycles. The molecule has 0 N–H and O–H groups in total. The first-order valence-corrected chi connectivity index (χ1v) is 8.81. The summed E-state index contributed by atoms with van der Waals surface area (Å²) in [5.74, 6) is -1.11. The van der Waals surface area contributed by atoms with Gasteiger partial charge >= 0.3 is 6.61 Å². The average Bonchev–Trinajstić information content (AvgIpc) is 2.66. The highest BCUT2D eigenvalue weighted by molar-refractivity contribution is 5.97. The smallest absolute Gasteiger partial charge is 0.387 e. The highest BCUT2D eigenvalue weighted by atomic mass is 19.3. The predicted molar refractivity (Wildman–Crippen MR) is 94.2 cm³/mol. The van der Waals surface area contributed by atoms with Gasteiger partial charge in [-0.3, -0.25) is 9.59 Å².